The van der Waals surface area contributed by atoms with Gasteiger partial charge < -0.3 is 20.1 Å². The van der Waals surface area contributed by atoms with Crippen LogP contribution in [0.5, 0.6) is 0 Å². The molecule has 7 heteroatoms. The summed E-state index contributed by atoms with van der Waals surface area (Å²) in [5, 5.41) is 27.7. The van der Waals surface area contributed by atoms with E-state index in [-0.39, 0.29) is 19.1 Å². The number of nitrogens with zero attached hydrogens (tertiary/aromatic N) is 2. The molecule has 164 valence electrons. The van der Waals surface area contributed by atoms with Crippen LogP contribution in [0.3, 0.4) is 0 Å². The molecule has 0 spiro atoms. The predicted molar refractivity (Wildman–Crippen MR) is 120 cm³/mol. The summed E-state index contributed by atoms with van der Waals surface area (Å²) >= 11 is 0. The standard InChI is InChI=1S/C24H30N4O3/c1-2-28-20-12-17-16-7-3-6-15-14-25-27-21(15)22(16)26-19(17)13-18(20)24(23(28)31,8-4-10-29)9-5-11-30/h12-14,26,29-30H,2-11H2,1H3,(H,25,27). The Morgan fingerprint density at radius 3 is 2.65 bits per heavy atom. The van der Waals surface area contributed by atoms with Gasteiger partial charge in [0.15, 0.2) is 0 Å². The van der Waals surface area contributed by atoms with E-state index in [4.69, 9.17) is 0 Å². The number of anilines is 1. The van der Waals surface area contributed by atoms with Gasteiger partial charge in [0.05, 0.1) is 11.1 Å². The summed E-state index contributed by atoms with van der Waals surface area (Å²) in [6, 6.07) is 4.33. The molecule has 0 unspecified atom stereocenters. The fourth-order valence-electron chi connectivity index (χ4n) is 5.70. The van der Waals surface area contributed by atoms with Crippen molar-refractivity contribution >= 4 is 22.5 Å². The Labute approximate surface area is 181 Å². The highest BCUT2D eigenvalue weighted by Crippen LogP contribution is 2.50. The van der Waals surface area contributed by atoms with E-state index in [0.717, 1.165) is 52.8 Å². The smallest absolute Gasteiger partial charge is 0.237 e. The zero-order valence-corrected chi connectivity index (χ0v) is 18.0. The largest absolute Gasteiger partial charge is 0.396 e. The number of H-pyrrole nitrogens is 2. The number of aromatic nitrogens is 3. The topological polar surface area (TPSA) is 105 Å². The van der Waals surface area contributed by atoms with Gasteiger partial charge in [-0.3, -0.25) is 9.89 Å². The Kier molecular flexibility index (Phi) is 5.10. The lowest BCUT2D eigenvalue weighted by molar-refractivity contribution is -0.123. The fraction of sp³-hybridized carbons (Fsp3) is 0.500. The molecule has 3 aromatic rings. The maximum Gasteiger partial charge on any atom is 0.237 e. The molecule has 1 aliphatic heterocycles. The molecule has 4 N–H and O–H groups in total. The van der Waals surface area contributed by atoms with Gasteiger partial charge in [-0.05, 0) is 80.7 Å². The highest BCUT2D eigenvalue weighted by atomic mass is 16.3. The van der Waals surface area contributed by atoms with Crippen LogP contribution in [0.1, 0.15) is 55.7 Å². The summed E-state index contributed by atoms with van der Waals surface area (Å²) in [5.41, 5.74) is 6.93. The minimum Gasteiger partial charge on any atom is -0.396 e. The minimum absolute atomic E-state index is 0.0522. The summed E-state index contributed by atoms with van der Waals surface area (Å²) in [6.07, 6.45) is 7.33. The molecular weight excluding hydrogens is 392 g/mol. The molecule has 2 aliphatic rings. The molecule has 1 aromatic carbocycles. The van der Waals surface area contributed by atoms with Crippen LogP contribution in [0.4, 0.5) is 5.69 Å². The number of aliphatic hydroxyl groups is 2. The second-order valence-electron chi connectivity index (χ2n) is 8.79. The van der Waals surface area contributed by atoms with Crippen molar-refractivity contribution in [1.82, 2.24) is 15.2 Å². The first kappa shape index (κ1) is 20.3. The van der Waals surface area contributed by atoms with Crippen LogP contribution in [0.25, 0.3) is 22.3 Å². The molecule has 31 heavy (non-hydrogen) atoms. The maximum absolute atomic E-state index is 13.6. The highest BCUT2D eigenvalue weighted by Gasteiger charge is 2.49. The lowest BCUT2D eigenvalue weighted by Crippen LogP contribution is -2.40. The molecule has 0 saturated heterocycles. The lowest BCUT2D eigenvalue weighted by atomic mass is 9.74. The van der Waals surface area contributed by atoms with Crippen molar-refractivity contribution in [3.05, 3.63) is 35.0 Å². The maximum atomic E-state index is 13.6. The van der Waals surface area contributed by atoms with Crippen molar-refractivity contribution in [3.8, 4) is 11.4 Å². The van der Waals surface area contributed by atoms with Crippen LogP contribution in [0, 0.1) is 0 Å². The lowest BCUT2D eigenvalue weighted by Gasteiger charge is -2.28. The monoisotopic (exact) mass is 422 g/mol. The minimum atomic E-state index is -0.689. The molecule has 0 saturated carbocycles. The summed E-state index contributed by atoms with van der Waals surface area (Å²) in [7, 11) is 0. The SMILES string of the molecule is CCN1C(=O)C(CCCO)(CCCO)c2cc3[nH]c4c(c3cc21)CCCc1c[nH]nc1-4. The van der Waals surface area contributed by atoms with Gasteiger partial charge >= 0.3 is 0 Å². The molecule has 1 amide bonds. The van der Waals surface area contributed by atoms with E-state index in [1.165, 1.54) is 11.1 Å². The Bertz CT molecular complexity index is 1120. The average Bonchev–Trinajstić information content (AvgIpc) is 3.40. The van der Waals surface area contributed by atoms with Crippen LogP contribution in [0.15, 0.2) is 18.3 Å². The van der Waals surface area contributed by atoms with Crippen LogP contribution < -0.4 is 4.90 Å². The van der Waals surface area contributed by atoms with Gasteiger partial charge in [0.1, 0.15) is 5.69 Å². The molecule has 2 aromatic heterocycles. The molecule has 5 rings (SSSR count). The molecular formula is C24H30N4O3. The number of likely N-dealkylation sites (N-methyl/N-ethyl adjacent to an activating group) is 1. The van der Waals surface area contributed by atoms with E-state index in [1.807, 2.05) is 18.0 Å². The Hall–Kier alpha value is -2.64. The zero-order valence-electron chi connectivity index (χ0n) is 18.0. The van der Waals surface area contributed by atoms with Crippen molar-refractivity contribution in [2.45, 2.75) is 57.3 Å². The van der Waals surface area contributed by atoms with Gasteiger partial charge in [0.2, 0.25) is 5.91 Å². The summed E-state index contributed by atoms with van der Waals surface area (Å²) in [6.45, 7) is 2.72. The van der Waals surface area contributed by atoms with E-state index in [2.05, 4.69) is 27.3 Å². The molecule has 1 aliphatic carbocycles. The number of carbonyl (C=O) groups excluding carboxylic acids is 1. The van der Waals surface area contributed by atoms with Crippen LogP contribution in [-0.2, 0) is 23.1 Å². The molecule has 3 heterocycles. The number of nitrogens with one attached hydrogen (secondary N) is 2. The summed E-state index contributed by atoms with van der Waals surface area (Å²) < 4.78 is 0. The number of benzene rings is 1. The quantitative estimate of drug-likeness (QED) is 0.469. The Morgan fingerprint density at radius 2 is 1.94 bits per heavy atom. The van der Waals surface area contributed by atoms with Crippen molar-refractivity contribution in [1.29, 1.82) is 0 Å². The third-order valence-corrected chi connectivity index (χ3v) is 7.15. The molecule has 7 nitrogen and oxygen atoms in total. The van der Waals surface area contributed by atoms with E-state index in [1.54, 1.807) is 0 Å². The summed E-state index contributed by atoms with van der Waals surface area (Å²) in [4.78, 5) is 19.1. The first-order valence-electron chi connectivity index (χ1n) is 11.4. The first-order valence-corrected chi connectivity index (χ1v) is 11.4. The van der Waals surface area contributed by atoms with Gasteiger partial charge in [-0.25, -0.2) is 0 Å². The van der Waals surface area contributed by atoms with Crippen molar-refractivity contribution in [2.75, 3.05) is 24.7 Å². The predicted octanol–water partition coefficient (Wildman–Crippen LogP) is 3.20. The normalized spacial score (nSPS) is 17.0. The van der Waals surface area contributed by atoms with E-state index in [0.29, 0.717) is 32.2 Å². The van der Waals surface area contributed by atoms with Crippen molar-refractivity contribution < 1.29 is 15.0 Å². The van der Waals surface area contributed by atoms with Gasteiger partial charge in [-0.2, -0.15) is 5.10 Å². The molecule has 0 bridgehead atoms. The number of aryl methyl sites for hydroxylation is 2. The third-order valence-electron chi connectivity index (χ3n) is 7.15. The van der Waals surface area contributed by atoms with Gasteiger partial charge in [0.25, 0.3) is 0 Å². The van der Waals surface area contributed by atoms with E-state index < -0.39 is 5.41 Å². The molecule has 0 fully saturated rings. The summed E-state index contributed by atoms with van der Waals surface area (Å²) in [5.74, 6) is 0.0974. The number of amides is 1. The fourth-order valence-corrected chi connectivity index (χ4v) is 5.70. The molecule has 0 atom stereocenters. The van der Waals surface area contributed by atoms with E-state index in [9.17, 15) is 15.0 Å². The third kappa shape index (κ3) is 2.94. The number of aromatic amines is 2. The second kappa shape index (κ2) is 7.80. The number of hydrogen-bond acceptors (Lipinski definition) is 4. The number of carbonyl (C=O) groups is 1. The number of rotatable bonds is 7. The van der Waals surface area contributed by atoms with Gasteiger partial charge in [-0.1, -0.05) is 0 Å². The number of hydrogen-bond donors (Lipinski definition) is 4. The first-order chi connectivity index (χ1) is 15.1. The Morgan fingerprint density at radius 1 is 1.16 bits per heavy atom. The molecule has 0 radical (unpaired) electrons. The highest BCUT2D eigenvalue weighted by molar-refractivity contribution is 6.11. The van der Waals surface area contributed by atoms with Crippen LogP contribution in [-0.4, -0.2) is 51.1 Å². The van der Waals surface area contributed by atoms with Gasteiger partial charge in [-0.15, -0.1) is 0 Å². The second-order valence-corrected chi connectivity index (χ2v) is 8.79. The zero-order chi connectivity index (χ0) is 21.6. The van der Waals surface area contributed by atoms with E-state index >= 15 is 0 Å². The van der Waals surface area contributed by atoms with Crippen molar-refractivity contribution in [3.63, 3.8) is 0 Å². The van der Waals surface area contributed by atoms with Crippen LogP contribution in [0.2, 0.25) is 0 Å². The average molecular weight is 423 g/mol. The number of aliphatic hydroxyl groups excluding tert-OH is 2. The number of fused-ring (bicyclic) bond motifs is 6. The van der Waals surface area contributed by atoms with Gasteiger partial charge in [0, 0.05) is 42.5 Å². The van der Waals surface area contributed by atoms with Crippen molar-refractivity contribution in [2.24, 2.45) is 0 Å². The Balaban J connectivity index is 1.72. The van der Waals surface area contributed by atoms with Crippen LogP contribution >= 0.6 is 0 Å².